The number of amides is 2. The number of nitrogens with zero attached hydrogens (tertiary/aromatic N) is 2. The van der Waals surface area contributed by atoms with E-state index in [1.54, 1.807) is 0 Å². The summed E-state index contributed by atoms with van der Waals surface area (Å²) in [5.74, 6) is -9.37. The molecule has 4 aromatic carbocycles. The summed E-state index contributed by atoms with van der Waals surface area (Å²) in [7, 11) is 0. The number of Topliss-reactive ketones (excluding diaryl/α,β-unsaturated/α-hetero) is 6. The van der Waals surface area contributed by atoms with Crippen LogP contribution >= 0.6 is 0 Å². The van der Waals surface area contributed by atoms with Crippen LogP contribution in [0.25, 0.3) is 0 Å². The number of ketones is 7. The maximum absolute atomic E-state index is 13.7. The van der Waals surface area contributed by atoms with Gasteiger partial charge in [-0.15, -0.1) is 0 Å². The van der Waals surface area contributed by atoms with Gasteiger partial charge >= 0.3 is 12.2 Å². The lowest BCUT2D eigenvalue weighted by Crippen LogP contribution is -2.35. The molecule has 2 aliphatic heterocycles. The summed E-state index contributed by atoms with van der Waals surface area (Å²) < 4.78 is 10.8. The molecule has 4 atom stereocenters. The normalized spacial score (nSPS) is 20.9. The third-order valence-electron chi connectivity index (χ3n) is 11.4. The average Bonchev–Trinajstić information content (AvgIpc) is 4.05. The van der Waals surface area contributed by atoms with Gasteiger partial charge in [-0.05, 0) is 48.2 Å². The summed E-state index contributed by atoms with van der Waals surface area (Å²) in [6.07, 6.45) is -0.696. The minimum absolute atomic E-state index is 0.00146. The molecule has 13 nitrogen and oxygen atoms in total. The highest BCUT2D eigenvalue weighted by Gasteiger charge is 2.49. The van der Waals surface area contributed by atoms with Gasteiger partial charge in [0.2, 0.25) is 0 Å². The third-order valence-corrected chi connectivity index (χ3v) is 11.4. The van der Waals surface area contributed by atoms with E-state index in [1.165, 1.54) is 46.2 Å². The van der Waals surface area contributed by atoms with Gasteiger partial charge in [0.05, 0.1) is 0 Å². The van der Waals surface area contributed by atoms with Crippen LogP contribution in [0.3, 0.4) is 0 Å². The second-order valence-corrected chi connectivity index (χ2v) is 14.9. The molecule has 8 rings (SSSR count). The molecule has 0 saturated carbocycles. The molecular formula is C45H36N2O11. The first-order valence-electron chi connectivity index (χ1n) is 19.0. The standard InChI is InChI=1S/C45H36N2O11/c48-37(27-11-13-31-33(19-27)42(53)35(40(31)51)38(49)29-15-17-46(21-29)44(55)57-23-25-7-3-1-4-8-25)28-12-14-32-34(20-28)43(54)36(41(32)52)39(50)30-16-18-47(22-30)45(56)58-24-26-9-5-2-6-10-26/h1-14,19-20,29-30,35-36H,15-18,21-24H2. The number of ether oxygens (including phenoxy) is 2. The van der Waals surface area contributed by atoms with Crippen LogP contribution in [0.5, 0.6) is 0 Å². The van der Waals surface area contributed by atoms with Gasteiger partial charge in [0.1, 0.15) is 25.0 Å². The summed E-state index contributed by atoms with van der Waals surface area (Å²) in [5.41, 5.74) is 1.46. The number of carbonyl (C=O) groups is 9. The van der Waals surface area contributed by atoms with Crippen molar-refractivity contribution in [1.82, 2.24) is 9.80 Å². The maximum Gasteiger partial charge on any atom is 0.410 e. The van der Waals surface area contributed by atoms with Gasteiger partial charge in [-0.2, -0.15) is 0 Å². The van der Waals surface area contributed by atoms with E-state index in [9.17, 15) is 43.2 Å². The second kappa shape index (κ2) is 15.6. The highest BCUT2D eigenvalue weighted by Crippen LogP contribution is 2.35. The van der Waals surface area contributed by atoms with Crippen molar-refractivity contribution in [2.45, 2.75) is 26.1 Å². The topological polar surface area (TPSA) is 179 Å². The van der Waals surface area contributed by atoms with E-state index in [4.69, 9.17) is 9.47 Å². The fraction of sp³-hybridized carbons (Fsp3) is 0.267. The molecule has 292 valence electrons. The summed E-state index contributed by atoms with van der Waals surface area (Å²) in [6.45, 7) is 0.555. The van der Waals surface area contributed by atoms with Crippen LogP contribution in [0.1, 0.15) is 81.3 Å². The molecule has 0 spiro atoms. The number of benzene rings is 4. The summed E-state index contributed by atoms with van der Waals surface area (Å²) in [4.78, 5) is 123. The van der Waals surface area contributed by atoms with E-state index in [2.05, 4.69) is 0 Å². The Balaban J connectivity index is 0.900. The monoisotopic (exact) mass is 780 g/mol. The van der Waals surface area contributed by atoms with E-state index >= 15 is 0 Å². The van der Waals surface area contributed by atoms with Gasteiger partial charge in [0.25, 0.3) is 0 Å². The number of hydrogen-bond acceptors (Lipinski definition) is 11. The highest BCUT2D eigenvalue weighted by molar-refractivity contribution is 6.37. The Bertz CT molecular complexity index is 2260. The number of rotatable bonds is 10. The lowest BCUT2D eigenvalue weighted by atomic mass is 9.88. The molecule has 4 unspecified atom stereocenters. The van der Waals surface area contributed by atoms with Crippen molar-refractivity contribution in [2.75, 3.05) is 26.2 Å². The zero-order chi connectivity index (χ0) is 40.7. The molecule has 4 aromatic rings. The van der Waals surface area contributed by atoms with Gasteiger partial charge in [-0.1, -0.05) is 72.8 Å². The van der Waals surface area contributed by atoms with E-state index in [0.717, 1.165) is 11.1 Å². The Morgan fingerprint density at radius 2 is 0.879 bits per heavy atom. The Kier molecular flexibility index (Phi) is 10.2. The quantitative estimate of drug-likeness (QED) is 0.149. The van der Waals surface area contributed by atoms with Gasteiger partial charge < -0.3 is 19.3 Å². The van der Waals surface area contributed by atoms with Crippen LogP contribution in [0.4, 0.5) is 9.59 Å². The van der Waals surface area contributed by atoms with E-state index in [-0.39, 0.29) is 85.6 Å². The molecule has 2 heterocycles. The summed E-state index contributed by atoms with van der Waals surface area (Å²) in [5, 5.41) is 0. The molecule has 13 heteroatoms. The maximum atomic E-state index is 13.7. The molecule has 2 fully saturated rings. The number of hydrogen-bond donors (Lipinski definition) is 0. The van der Waals surface area contributed by atoms with Crippen molar-refractivity contribution in [3.05, 3.63) is 142 Å². The van der Waals surface area contributed by atoms with Crippen molar-refractivity contribution in [1.29, 1.82) is 0 Å². The van der Waals surface area contributed by atoms with Gasteiger partial charge in [-0.25, -0.2) is 9.59 Å². The van der Waals surface area contributed by atoms with Crippen molar-refractivity contribution in [3.63, 3.8) is 0 Å². The number of fused-ring (bicyclic) bond motifs is 2. The Morgan fingerprint density at radius 3 is 1.28 bits per heavy atom. The lowest BCUT2D eigenvalue weighted by molar-refractivity contribution is -0.124. The molecule has 0 bridgehead atoms. The predicted octanol–water partition coefficient (Wildman–Crippen LogP) is 5.36. The summed E-state index contributed by atoms with van der Waals surface area (Å²) >= 11 is 0. The molecule has 2 aliphatic carbocycles. The first-order valence-corrected chi connectivity index (χ1v) is 19.0. The van der Waals surface area contributed by atoms with Crippen molar-refractivity contribution < 1.29 is 52.6 Å². The van der Waals surface area contributed by atoms with Gasteiger partial charge in [-0.3, -0.25) is 33.6 Å². The zero-order valence-corrected chi connectivity index (χ0v) is 31.1. The van der Waals surface area contributed by atoms with Crippen molar-refractivity contribution >= 4 is 52.7 Å². The SMILES string of the molecule is O=C(c1ccc2c(c1)C(=O)C(C(=O)C1CCN(C(=O)OCc3ccccc3)C1)C2=O)c1ccc2c(c1)C(=O)C(C(=O)C1CCN(C(=O)OCc3ccccc3)C1)C2=O. The molecule has 4 aliphatic rings. The van der Waals surface area contributed by atoms with Crippen LogP contribution in [0.2, 0.25) is 0 Å². The molecule has 0 N–H and O–H groups in total. The first-order chi connectivity index (χ1) is 28.0. The number of carbonyl (C=O) groups excluding carboxylic acids is 9. The van der Waals surface area contributed by atoms with Crippen LogP contribution in [0, 0.1) is 23.7 Å². The Labute approximate surface area is 331 Å². The molecule has 2 saturated heterocycles. The Morgan fingerprint density at radius 1 is 0.500 bits per heavy atom. The highest BCUT2D eigenvalue weighted by atomic mass is 16.6. The first kappa shape index (κ1) is 38.0. The van der Waals surface area contributed by atoms with Gasteiger partial charge in [0, 0.05) is 71.4 Å². The smallest absolute Gasteiger partial charge is 0.410 e. The molecular weight excluding hydrogens is 744 g/mol. The molecule has 58 heavy (non-hydrogen) atoms. The van der Waals surface area contributed by atoms with Crippen LogP contribution in [-0.4, -0.2) is 88.6 Å². The summed E-state index contributed by atoms with van der Waals surface area (Å²) in [6, 6.07) is 26.0. The Hall–Kier alpha value is -6.89. The third kappa shape index (κ3) is 7.04. The van der Waals surface area contributed by atoms with E-state index in [1.807, 2.05) is 60.7 Å². The fourth-order valence-corrected chi connectivity index (χ4v) is 8.16. The van der Waals surface area contributed by atoms with Crippen LogP contribution in [-0.2, 0) is 32.3 Å². The number of likely N-dealkylation sites (tertiary alicyclic amines) is 2. The van der Waals surface area contributed by atoms with Crippen LogP contribution in [0.15, 0.2) is 97.1 Å². The van der Waals surface area contributed by atoms with Crippen molar-refractivity contribution in [2.24, 2.45) is 23.7 Å². The zero-order valence-electron chi connectivity index (χ0n) is 31.1. The van der Waals surface area contributed by atoms with E-state index < -0.39 is 76.3 Å². The lowest BCUT2D eigenvalue weighted by Gasteiger charge is -2.17. The molecule has 0 aromatic heterocycles. The molecule has 0 radical (unpaired) electrons. The van der Waals surface area contributed by atoms with Gasteiger partial charge in [0.15, 0.2) is 40.5 Å². The average molecular weight is 781 g/mol. The molecule has 2 amide bonds. The van der Waals surface area contributed by atoms with E-state index in [0.29, 0.717) is 0 Å². The fourth-order valence-electron chi connectivity index (χ4n) is 8.16. The minimum atomic E-state index is -1.60. The van der Waals surface area contributed by atoms with Crippen LogP contribution < -0.4 is 0 Å². The minimum Gasteiger partial charge on any atom is -0.445 e. The van der Waals surface area contributed by atoms with Crippen molar-refractivity contribution in [3.8, 4) is 0 Å². The predicted molar refractivity (Wildman–Crippen MR) is 203 cm³/mol. The second-order valence-electron chi connectivity index (χ2n) is 14.9. The largest absolute Gasteiger partial charge is 0.445 e.